The van der Waals surface area contributed by atoms with Crippen LogP contribution in [0.4, 0.5) is 30.7 Å². The van der Waals surface area contributed by atoms with E-state index in [2.05, 4.69) is 16.8 Å². The van der Waals surface area contributed by atoms with Gasteiger partial charge in [0.2, 0.25) is 0 Å². The third-order valence-electron chi connectivity index (χ3n) is 7.65. The fourth-order valence-corrected chi connectivity index (χ4v) is 5.48. The molecule has 3 aromatic rings. The number of likely N-dealkylation sites (tertiary alicyclic amines) is 1. The minimum atomic E-state index is -4.97. The van der Waals surface area contributed by atoms with Crippen LogP contribution in [0.1, 0.15) is 54.1 Å². The molecule has 3 atom stereocenters. The van der Waals surface area contributed by atoms with Crippen LogP contribution in [0.5, 0.6) is 5.75 Å². The molecule has 0 aliphatic carbocycles. The van der Waals surface area contributed by atoms with Gasteiger partial charge in [0.1, 0.15) is 11.9 Å². The summed E-state index contributed by atoms with van der Waals surface area (Å²) in [6, 6.07) is 8.00. The van der Waals surface area contributed by atoms with Crippen LogP contribution < -0.4 is 4.74 Å². The van der Waals surface area contributed by atoms with E-state index < -0.39 is 41.2 Å². The minimum absolute atomic E-state index is 0.0248. The van der Waals surface area contributed by atoms with Crippen LogP contribution in [-0.2, 0) is 17.1 Å². The Bertz CT molecular complexity index is 1480. The topological polar surface area (TPSA) is 62.7 Å². The summed E-state index contributed by atoms with van der Waals surface area (Å²) >= 11 is 0. The summed E-state index contributed by atoms with van der Waals surface area (Å²) in [6.45, 7) is 0.795. The monoisotopic (exact) mass is 610 g/mol. The standard InChI is InChI=1S/C31H29F7N2O3/c1-43-24-5-7-28-26(17-24)25(8-10-39-28)27(32)6-4-20-9-12-40(18-21(20)15-29(41)42)11-2-3-19-13-22(30(33,34)35)16-23(14-19)31(36,37)38/h5,7-8,10,13-14,16-17,20-21,27H,4,6,9,11-12,15,18H2,1H3,(H,41,42)/t20-,21+,27+/m1/s1. The molecular formula is C31H29F7N2O3. The number of aromatic nitrogens is 1. The van der Waals surface area contributed by atoms with Crippen molar-refractivity contribution >= 4 is 16.9 Å². The lowest BCUT2D eigenvalue weighted by molar-refractivity contribution is -0.143. The highest BCUT2D eigenvalue weighted by molar-refractivity contribution is 5.83. The van der Waals surface area contributed by atoms with Gasteiger partial charge in [-0.25, -0.2) is 4.39 Å². The number of rotatable bonds is 8. The molecule has 1 aromatic heterocycles. The average molecular weight is 611 g/mol. The van der Waals surface area contributed by atoms with Gasteiger partial charge in [-0.05, 0) is 85.7 Å². The molecule has 5 nitrogen and oxygen atoms in total. The van der Waals surface area contributed by atoms with E-state index in [9.17, 15) is 36.2 Å². The molecule has 0 radical (unpaired) electrons. The molecule has 0 unspecified atom stereocenters. The van der Waals surface area contributed by atoms with Gasteiger partial charge in [0, 0.05) is 30.1 Å². The van der Waals surface area contributed by atoms with Crippen LogP contribution in [0, 0.1) is 23.7 Å². The first-order valence-corrected chi connectivity index (χ1v) is 13.5. The maximum absolute atomic E-state index is 15.5. The molecule has 1 fully saturated rings. The lowest BCUT2D eigenvalue weighted by Crippen LogP contribution is -2.41. The fraction of sp³-hybridized carbons (Fsp3) is 0.419. The molecule has 1 aliphatic heterocycles. The highest BCUT2D eigenvalue weighted by Gasteiger charge is 2.37. The van der Waals surface area contributed by atoms with Crippen LogP contribution in [0.2, 0.25) is 0 Å². The summed E-state index contributed by atoms with van der Waals surface area (Å²) in [5.41, 5.74) is -2.22. The van der Waals surface area contributed by atoms with Crippen LogP contribution in [-0.4, -0.2) is 47.7 Å². The first kappa shape index (κ1) is 32.1. The molecule has 0 bridgehead atoms. The molecule has 1 saturated heterocycles. The molecule has 1 aliphatic rings. The van der Waals surface area contributed by atoms with Crippen molar-refractivity contribution in [1.82, 2.24) is 9.88 Å². The zero-order valence-electron chi connectivity index (χ0n) is 23.1. The molecule has 4 rings (SSSR count). The van der Waals surface area contributed by atoms with E-state index in [1.54, 1.807) is 24.3 Å². The normalized spacial score (nSPS) is 18.6. The van der Waals surface area contributed by atoms with Crippen LogP contribution in [0.3, 0.4) is 0 Å². The second kappa shape index (κ2) is 13.2. The van der Waals surface area contributed by atoms with Gasteiger partial charge in [0.05, 0.1) is 30.3 Å². The second-order valence-electron chi connectivity index (χ2n) is 10.6. The smallest absolute Gasteiger partial charge is 0.416 e. The Morgan fingerprint density at radius 3 is 2.40 bits per heavy atom. The number of carboxylic acid groups (broad SMARTS) is 1. The van der Waals surface area contributed by atoms with Gasteiger partial charge < -0.3 is 9.84 Å². The first-order chi connectivity index (χ1) is 20.2. The number of hydrogen-bond donors (Lipinski definition) is 1. The Morgan fingerprint density at radius 1 is 1.07 bits per heavy atom. The molecule has 0 amide bonds. The number of halogens is 7. The number of methoxy groups -OCH3 is 1. The zero-order valence-corrected chi connectivity index (χ0v) is 23.1. The van der Waals surface area contributed by atoms with Gasteiger partial charge in [0.15, 0.2) is 0 Å². The number of piperidine rings is 1. The van der Waals surface area contributed by atoms with Crippen LogP contribution in [0.25, 0.3) is 10.9 Å². The first-order valence-electron chi connectivity index (χ1n) is 13.5. The van der Waals surface area contributed by atoms with Crippen LogP contribution in [0.15, 0.2) is 48.7 Å². The largest absolute Gasteiger partial charge is 0.497 e. The number of aliphatic carboxylic acids is 1. The van der Waals surface area contributed by atoms with E-state index in [1.165, 1.54) is 13.3 Å². The Hall–Kier alpha value is -3.85. The van der Waals surface area contributed by atoms with E-state index in [-0.39, 0.29) is 37.3 Å². The fourth-order valence-electron chi connectivity index (χ4n) is 5.48. The summed E-state index contributed by atoms with van der Waals surface area (Å²) in [6.07, 6.45) is -8.76. The van der Waals surface area contributed by atoms with E-state index in [4.69, 9.17) is 4.74 Å². The number of fused-ring (bicyclic) bond motifs is 1. The van der Waals surface area contributed by atoms with Gasteiger partial charge in [0.25, 0.3) is 0 Å². The lowest BCUT2D eigenvalue weighted by Gasteiger charge is -2.37. The van der Waals surface area contributed by atoms with Gasteiger partial charge in [-0.15, -0.1) is 0 Å². The van der Waals surface area contributed by atoms with Gasteiger partial charge in [-0.1, -0.05) is 11.8 Å². The Balaban J connectivity index is 1.43. The van der Waals surface area contributed by atoms with E-state index >= 15 is 4.39 Å². The quantitative estimate of drug-likeness (QED) is 0.211. The van der Waals surface area contributed by atoms with Gasteiger partial charge in [-0.3, -0.25) is 14.7 Å². The number of carbonyl (C=O) groups is 1. The van der Waals surface area contributed by atoms with Crippen molar-refractivity contribution in [2.24, 2.45) is 11.8 Å². The number of hydrogen-bond acceptors (Lipinski definition) is 4. The Labute approximate surface area is 243 Å². The summed E-state index contributed by atoms with van der Waals surface area (Å²) < 4.78 is 99.6. The van der Waals surface area contributed by atoms with E-state index in [0.29, 0.717) is 60.3 Å². The number of pyridine rings is 1. The summed E-state index contributed by atoms with van der Waals surface area (Å²) in [5.74, 6) is 4.15. The second-order valence-corrected chi connectivity index (χ2v) is 10.6. The molecule has 0 saturated carbocycles. The summed E-state index contributed by atoms with van der Waals surface area (Å²) in [7, 11) is 1.51. The van der Waals surface area contributed by atoms with E-state index in [1.807, 2.05) is 4.90 Å². The predicted octanol–water partition coefficient (Wildman–Crippen LogP) is 7.54. The SMILES string of the molecule is COc1ccc2nccc([C@@H](F)CC[C@@H]3CCN(CC#Cc4cc(C(F)(F)F)cc(C(F)(F)F)c4)C[C@@H]3CC(=O)O)c2c1. The number of carboxylic acids is 1. The van der Waals surface area contributed by atoms with Crippen molar-refractivity contribution in [2.75, 3.05) is 26.7 Å². The summed E-state index contributed by atoms with van der Waals surface area (Å²) in [5, 5.41) is 10.1. The van der Waals surface area contributed by atoms with E-state index in [0.717, 1.165) is 0 Å². The third kappa shape index (κ3) is 8.38. The van der Waals surface area contributed by atoms with Crippen molar-refractivity contribution in [2.45, 2.75) is 44.2 Å². The molecule has 0 spiro atoms. The molecular weight excluding hydrogens is 581 g/mol. The number of alkyl halides is 7. The summed E-state index contributed by atoms with van der Waals surface area (Å²) in [4.78, 5) is 17.7. The van der Waals surface area contributed by atoms with Gasteiger partial charge in [-0.2, -0.15) is 26.3 Å². The van der Waals surface area contributed by atoms with Crippen molar-refractivity contribution in [3.8, 4) is 17.6 Å². The molecule has 2 aromatic carbocycles. The predicted molar refractivity (Wildman–Crippen MR) is 145 cm³/mol. The lowest BCUT2D eigenvalue weighted by atomic mass is 9.79. The molecule has 2 heterocycles. The third-order valence-corrected chi connectivity index (χ3v) is 7.65. The maximum Gasteiger partial charge on any atom is 0.416 e. The maximum atomic E-state index is 15.5. The van der Waals surface area contributed by atoms with Crippen molar-refractivity contribution in [3.63, 3.8) is 0 Å². The van der Waals surface area contributed by atoms with Crippen molar-refractivity contribution in [1.29, 1.82) is 0 Å². The Kier molecular flexibility index (Phi) is 9.85. The highest BCUT2D eigenvalue weighted by Crippen LogP contribution is 2.37. The molecule has 230 valence electrons. The van der Waals surface area contributed by atoms with Crippen LogP contribution >= 0.6 is 0 Å². The van der Waals surface area contributed by atoms with Gasteiger partial charge >= 0.3 is 18.3 Å². The van der Waals surface area contributed by atoms with Crippen molar-refractivity contribution in [3.05, 3.63) is 70.9 Å². The number of ether oxygens (including phenoxy) is 1. The van der Waals surface area contributed by atoms with Crippen molar-refractivity contribution < 1.29 is 45.4 Å². The highest BCUT2D eigenvalue weighted by atomic mass is 19.4. The molecule has 43 heavy (non-hydrogen) atoms. The minimum Gasteiger partial charge on any atom is -0.497 e. The molecule has 1 N–H and O–H groups in total. The zero-order chi connectivity index (χ0) is 31.4. The average Bonchev–Trinajstić information content (AvgIpc) is 2.94. The number of benzene rings is 2. The molecule has 12 heteroatoms. The Morgan fingerprint density at radius 2 is 1.77 bits per heavy atom. The number of nitrogens with zero attached hydrogens (tertiary/aromatic N) is 2.